The lowest BCUT2D eigenvalue weighted by atomic mass is 9.98. The molecule has 0 N–H and O–H groups in total. The first kappa shape index (κ1) is 24.4. The van der Waals surface area contributed by atoms with E-state index in [4.69, 9.17) is 23.4 Å². The van der Waals surface area contributed by atoms with Gasteiger partial charge in [0, 0.05) is 17.3 Å². The average Bonchev–Trinajstić information content (AvgIpc) is 3.30. The Labute approximate surface area is 210 Å². The fourth-order valence-electron chi connectivity index (χ4n) is 3.77. The van der Waals surface area contributed by atoms with E-state index in [1.165, 1.54) is 0 Å². The molecule has 1 aromatic heterocycles. The van der Waals surface area contributed by atoms with E-state index in [1.807, 2.05) is 73.7 Å². The Kier molecular flexibility index (Phi) is 7.57. The largest absolute Gasteiger partial charge is 0.497 e. The number of aliphatic imine (C=N–C) groups is 1. The van der Waals surface area contributed by atoms with Crippen molar-refractivity contribution >= 4 is 12.1 Å². The van der Waals surface area contributed by atoms with Crippen LogP contribution in [0.5, 0.6) is 23.0 Å². The van der Waals surface area contributed by atoms with Gasteiger partial charge < -0.3 is 23.4 Å². The van der Waals surface area contributed by atoms with Gasteiger partial charge in [0.2, 0.25) is 5.88 Å². The highest BCUT2D eigenvalue weighted by Gasteiger charge is 2.23. The number of hydrogen-bond acceptors (Lipinski definition) is 7. The predicted octanol–water partition coefficient (Wildman–Crippen LogP) is 6.66. The van der Waals surface area contributed by atoms with E-state index in [0.717, 1.165) is 28.2 Å². The number of hydrogen-bond donors (Lipinski definition) is 0. The monoisotopic (exact) mass is 482 g/mol. The molecule has 3 aromatic carbocycles. The molecule has 182 valence electrons. The summed E-state index contributed by atoms with van der Waals surface area (Å²) < 4.78 is 27.8. The van der Waals surface area contributed by atoms with Crippen LogP contribution in [0, 0.1) is 11.3 Å². The maximum absolute atomic E-state index is 10.1. The quantitative estimate of drug-likeness (QED) is 0.248. The second kappa shape index (κ2) is 11.2. The summed E-state index contributed by atoms with van der Waals surface area (Å²) in [6.07, 6.45) is 1.64. The van der Waals surface area contributed by atoms with Crippen molar-refractivity contribution in [1.29, 1.82) is 5.26 Å². The van der Waals surface area contributed by atoms with Crippen molar-refractivity contribution in [1.82, 2.24) is 0 Å². The first-order chi connectivity index (χ1) is 17.6. The van der Waals surface area contributed by atoms with E-state index >= 15 is 0 Å². The van der Waals surface area contributed by atoms with Crippen LogP contribution >= 0.6 is 0 Å². The molecule has 0 radical (unpaired) electrons. The van der Waals surface area contributed by atoms with Gasteiger partial charge in [0.25, 0.3) is 0 Å². The molecule has 0 aliphatic heterocycles. The van der Waals surface area contributed by atoms with Crippen molar-refractivity contribution in [2.45, 2.75) is 6.92 Å². The smallest absolute Gasteiger partial charge is 0.238 e. The first-order valence-corrected chi connectivity index (χ1v) is 11.3. The average molecular weight is 483 g/mol. The Balaban J connectivity index is 1.82. The van der Waals surface area contributed by atoms with Crippen LogP contribution in [0.2, 0.25) is 0 Å². The number of nitrogens with zero attached hydrogens (tertiary/aromatic N) is 2. The van der Waals surface area contributed by atoms with Crippen LogP contribution in [0.25, 0.3) is 22.5 Å². The molecule has 0 saturated heterocycles. The van der Waals surface area contributed by atoms with Crippen molar-refractivity contribution in [3.8, 4) is 51.5 Å². The third kappa shape index (κ3) is 5.03. The normalized spacial score (nSPS) is 10.8. The summed E-state index contributed by atoms with van der Waals surface area (Å²) in [5.74, 6) is 3.43. The van der Waals surface area contributed by atoms with Crippen molar-refractivity contribution in [2.75, 3.05) is 27.9 Å². The summed E-state index contributed by atoms with van der Waals surface area (Å²) in [6, 6.07) is 22.7. The Morgan fingerprint density at radius 2 is 1.47 bits per heavy atom. The number of ether oxygens (including phenoxy) is 4. The molecule has 0 bridgehead atoms. The molecule has 0 atom stereocenters. The molecular weight excluding hydrogens is 456 g/mol. The van der Waals surface area contributed by atoms with E-state index in [0.29, 0.717) is 35.0 Å². The van der Waals surface area contributed by atoms with Gasteiger partial charge in [-0.25, -0.2) is 4.99 Å². The lowest BCUT2D eigenvalue weighted by Gasteiger charge is -2.09. The van der Waals surface area contributed by atoms with Crippen LogP contribution in [0.1, 0.15) is 18.1 Å². The van der Waals surface area contributed by atoms with Crippen molar-refractivity contribution in [3.05, 3.63) is 77.9 Å². The van der Waals surface area contributed by atoms with Crippen LogP contribution in [0.3, 0.4) is 0 Å². The van der Waals surface area contributed by atoms with E-state index in [9.17, 15) is 5.26 Å². The van der Waals surface area contributed by atoms with Crippen molar-refractivity contribution in [2.24, 2.45) is 4.99 Å². The summed E-state index contributed by atoms with van der Waals surface area (Å²) in [5, 5.41) is 10.1. The maximum Gasteiger partial charge on any atom is 0.238 e. The topological polar surface area (TPSA) is 86.2 Å². The van der Waals surface area contributed by atoms with Gasteiger partial charge >= 0.3 is 0 Å². The highest BCUT2D eigenvalue weighted by molar-refractivity contribution is 5.90. The second-order valence-electron chi connectivity index (χ2n) is 7.66. The molecule has 0 unspecified atom stereocenters. The zero-order valence-corrected chi connectivity index (χ0v) is 20.6. The third-order valence-electron chi connectivity index (χ3n) is 5.55. The van der Waals surface area contributed by atoms with Gasteiger partial charge in [-0.1, -0.05) is 12.1 Å². The summed E-state index contributed by atoms with van der Waals surface area (Å²) in [7, 11) is 4.82. The summed E-state index contributed by atoms with van der Waals surface area (Å²) in [4.78, 5) is 4.54. The summed E-state index contributed by atoms with van der Waals surface area (Å²) in [5.41, 5.74) is 3.37. The third-order valence-corrected chi connectivity index (χ3v) is 5.55. The Bertz CT molecular complexity index is 1400. The van der Waals surface area contributed by atoms with Gasteiger partial charge in [0.1, 0.15) is 28.9 Å². The first-order valence-electron chi connectivity index (χ1n) is 11.3. The van der Waals surface area contributed by atoms with Gasteiger partial charge in [0.15, 0.2) is 11.5 Å². The molecule has 4 aromatic rings. The van der Waals surface area contributed by atoms with Crippen LogP contribution in [-0.4, -0.2) is 34.2 Å². The lowest BCUT2D eigenvalue weighted by molar-refractivity contribution is 0.311. The number of nitriles is 1. The van der Waals surface area contributed by atoms with Crippen LogP contribution < -0.4 is 18.9 Å². The lowest BCUT2D eigenvalue weighted by Crippen LogP contribution is -1.96. The molecule has 4 rings (SSSR count). The minimum Gasteiger partial charge on any atom is -0.497 e. The van der Waals surface area contributed by atoms with Gasteiger partial charge in [0.05, 0.1) is 27.9 Å². The number of methoxy groups -OCH3 is 3. The van der Waals surface area contributed by atoms with Gasteiger partial charge in [-0.15, -0.1) is 0 Å². The molecule has 0 aliphatic carbocycles. The second-order valence-corrected chi connectivity index (χ2v) is 7.66. The molecule has 7 nitrogen and oxygen atoms in total. The Morgan fingerprint density at radius 3 is 2.03 bits per heavy atom. The molecule has 0 fully saturated rings. The van der Waals surface area contributed by atoms with Crippen molar-refractivity contribution < 1.29 is 23.4 Å². The zero-order chi connectivity index (χ0) is 25.5. The predicted molar refractivity (Wildman–Crippen MR) is 139 cm³/mol. The Hall–Kier alpha value is -4.70. The molecule has 7 heteroatoms. The highest BCUT2D eigenvalue weighted by Crippen LogP contribution is 2.43. The maximum atomic E-state index is 10.1. The van der Waals surface area contributed by atoms with E-state index in [2.05, 4.69) is 11.1 Å². The number of benzene rings is 3. The minimum atomic E-state index is 0.211. The SMILES string of the molecule is CCOc1cc(C=Nc2oc(-c3ccc(OC)cc3)c(-c3ccc(OC)cc3)c2C#N)ccc1OC. The highest BCUT2D eigenvalue weighted by atomic mass is 16.5. The standard InChI is InChI=1S/C29H26N2O5/c1-5-35-26-16-19(6-15-25(26)34-4)18-31-29-24(17-30)27(20-7-11-22(32-2)12-8-20)28(36-29)21-9-13-23(33-3)14-10-21/h6-16,18H,5H2,1-4H3. The van der Waals surface area contributed by atoms with E-state index < -0.39 is 0 Å². The van der Waals surface area contributed by atoms with Gasteiger partial charge in [-0.2, -0.15) is 5.26 Å². The van der Waals surface area contributed by atoms with E-state index in [-0.39, 0.29) is 5.88 Å². The molecule has 0 spiro atoms. The van der Waals surface area contributed by atoms with Crippen LogP contribution in [0.4, 0.5) is 5.88 Å². The van der Waals surface area contributed by atoms with Gasteiger partial charge in [-0.05, 0) is 72.6 Å². The zero-order valence-electron chi connectivity index (χ0n) is 20.6. The molecule has 0 aliphatic rings. The van der Waals surface area contributed by atoms with E-state index in [1.54, 1.807) is 27.5 Å². The fraction of sp³-hybridized carbons (Fsp3) is 0.172. The molecular formula is C29H26N2O5. The summed E-state index contributed by atoms with van der Waals surface area (Å²) in [6.45, 7) is 2.41. The Morgan fingerprint density at radius 1 is 0.833 bits per heavy atom. The minimum absolute atomic E-state index is 0.211. The number of rotatable bonds is 9. The van der Waals surface area contributed by atoms with Crippen LogP contribution in [0.15, 0.2) is 76.1 Å². The van der Waals surface area contributed by atoms with Crippen LogP contribution in [-0.2, 0) is 0 Å². The summed E-state index contributed by atoms with van der Waals surface area (Å²) >= 11 is 0. The molecule has 1 heterocycles. The number of furan rings is 1. The molecule has 36 heavy (non-hydrogen) atoms. The molecule has 0 amide bonds. The molecule has 0 saturated carbocycles. The van der Waals surface area contributed by atoms with Crippen molar-refractivity contribution in [3.63, 3.8) is 0 Å². The fourth-order valence-corrected chi connectivity index (χ4v) is 3.77. The van der Waals surface area contributed by atoms with Gasteiger partial charge in [-0.3, -0.25) is 0 Å².